The number of hydrogen-bond donors (Lipinski definition) is 0. The molecular weight excluding hydrogens is 345 g/mol. The number of hydrogen-bond acceptors (Lipinski definition) is 4. The molecule has 1 heterocycles. The van der Waals surface area contributed by atoms with Gasteiger partial charge < -0.3 is 4.74 Å². The lowest BCUT2D eigenvalue weighted by molar-refractivity contribution is -0.385. The molecule has 0 radical (unpaired) electrons. The Kier molecular flexibility index (Phi) is 4.56. The Morgan fingerprint density at radius 3 is 2.81 bits per heavy atom. The molecule has 0 saturated heterocycles. The van der Waals surface area contributed by atoms with E-state index in [1.807, 2.05) is 13.8 Å². The first kappa shape index (κ1) is 15.4. The van der Waals surface area contributed by atoms with E-state index in [1.165, 1.54) is 12.1 Å². The van der Waals surface area contributed by atoms with Crippen LogP contribution in [0.15, 0.2) is 22.7 Å². The van der Waals surface area contributed by atoms with Gasteiger partial charge in [0.25, 0.3) is 5.69 Å². The van der Waals surface area contributed by atoms with Crippen molar-refractivity contribution in [3.63, 3.8) is 0 Å². The van der Waals surface area contributed by atoms with Gasteiger partial charge in [-0.25, -0.2) is 4.39 Å². The lowest BCUT2D eigenvalue weighted by Gasteiger charge is -2.09. The Hall–Kier alpha value is -1.96. The minimum atomic E-state index is -0.764. The van der Waals surface area contributed by atoms with Gasteiger partial charge in [0.2, 0.25) is 0 Å². The standard InChI is InChI=1S/C13H13BrFN3O3/c1-3-17-11(13(14)8(2)16-17)7-21-12-5-4-9(18(19)20)6-10(12)15/h4-6H,3,7H2,1-2H3. The van der Waals surface area contributed by atoms with Gasteiger partial charge in [0, 0.05) is 12.6 Å². The van der Waals surface area contributed by atoms with E-state index in [2.05, 4.69) is 21.0 Å². The zero-order valence-electron chi connectivity index (χ0n) is 11.5. The molecule has 0 spiro atoms. The summed E-state index contributed by atoms with van der Waals surface area (Å²) in [6, 6.07) is 3.30. The second kappa shape index (κ2) is 6.21. The summed E-state index contributed by atoms with van der Waals surface area (Å²) < 4.78 is 21.7. The van der Waals surface area contributed by atoms with Crippen molar-refractivity contribution in [2.75, 3.05) is 0 Å². The summed E-state index contributed by atoms with van der Waals surface area (Å²) in [6.07, 6.45) is 0. The van der Waals surface area contributed by atoms with E-state index in [4.69, 9.17) is 4.74 Å². The highest BCUT2D eigenvalue weighted by molar-refractivity contribution is 9.10. The molecule has 2 rings (SSSR count). The van der Waals surface area contributed by atoms with Crippen molar-refractivity contribution < 1.29 is 14.1 Å². The first-order valence-electron chi connectivity index (χ1n) is 6.22. The van der Waals surface area contributed by atoms with Crippen LogP contribution in [0.3, 0.4) is 0 Å². The second-order valence-corrected chi connectivity index (χ2v) is 5.12. The van der Waals surface area contributed by atoms with Crippen molar-refractivity contribution in [3.05, 3.63) is 50.0 Å². The minimum absolute atomic E-state index is 0.0333. The summed E-state index contributed by atoms with van der Waals surface area (Å²) in [5.74, 6) is -0.798. The minimum Gasteiger partial charge on any atom is -0.484 e. The molecule has 0 aliphatic heterocycles. The van der Waals surface area contributed by atoms with Crippen LogP contribution in [0.1, 0.15) is 18.3 Å². The lowest BCUT2D eigenvalue weighted by atomic mass is 10.3. The molecule has 112 valence electrons. The lowest BCUT2D eigenvalue weighted by Crippen LogP contribution is -2.07. The number of halogens is 2. The summed E-state index contributed by atoms with van der Waals surface area (Å²) in [5.41, 5.74) is 1.29. The van der Waals surface area contributed by atoms with E-state index in [0.29, 0.717) is 6.54 Å². The van der Waals surface area contributed by atoms with Crippen molar-refractivity contribution in [1.29, 1.82) is 0 Å². The van der Waals surface area contributed by atoms with Gasteiger partial charge in [-0.05, 0) is 35.8 Å². The third-order valence-electron chi connectivity index (χ3n) is 2.94. The van der Waals surface area contributed by atoms with Gasteiger partial charge in [-0.1, -0.05) is 0 Å². The monoisotopic (exact) mass is 357 g/mol. The highest BCUT2D eigenvalue weighted by atomic mass is 79.9. The maximum absolute atomic E-state index is 13.7. The Morgan fingerprint density at radius 1 is 1.52 bits per heavy atom. The van der Waals surface area contributed by atoms with Crippen LogP contribution < -0.4 is 4.74 Å². The van der Waals surface area contributed by atoms with Crippen molar-refractivity contribution in [2.45, 2.75) is 27.0 Å². The van der Waals surface area contributed by atoms with Crippen LogP contribution in [0.5, 0.6) is 5.75 Å². The summed E-state index contributed by atoms with van der Waals surface area (Å²) >= 11 is 3.42. The quantitative estimate of drug-likeness (QED) is 0.605. The van der Waals surface area contributed by atoms with Crippen molar-refractivity contribution in [2.24, 2.45) is 0 Å². The van der Waals surface area contributed by atoms with E-state index < -0.39 is 10.7 Å². The third-order valence-corrected chi connectivity index (χ3v) is 3.98. The van der Waals surface area contributed by atoms with Crippen molar-refractivity contribution in [1.82, 2.24) is 9.78 Å². The molecule has 0 N–H and O–H groups in total. The van der Waals surface area contributed by atoms with E-state index >= 15 is 0 Å². The number of nitro groups is 1. The molecule has 0 atom stereocenters. The normalized spacial score (nSPS) is 10.7. The predicted octanol–water partition coefficient (Wildman–Crippen LogP) is 3.60. The van der Waals surface area contributed by atoms with Gasteiger partial charge in [-0.15, -0.1) is 0 Å². The largest absolute Gasteiger partial charge is 0.484 e. The molecule has 6 nitrogen and oxygen atoms in total. The van der Waals surface area contributed by atoms with Gasteiger partial charge in [-0.2, -0.15) is 5.10 Å². The Morgan fingerprint density at radius 2 is 2.24 bits per heavy atom. The second-order valence-electron chi connectivity index (χ2n) is 4.32. The molecule has 0 fully saturated rings. The zero-order chi connectivity index (χ0) is 15.6. The fraction of sp³-hybridized carbons (Fsp3) is 0.308. The number of rotatable bonds is 5. The molecule has 2 aromatic rings. The molecule has 21 heavy (non-hydrogen) atoms. The number of nitro benzene ring substituents is 1. The highest BCUT2D eigenvalue weighted by Crippen LogP contribution is 2.26. The first-order chi connectivity index (χ1) is 9.93. The molecule has 0 amide bonds. The zero-order valence-corrected chi connectivity index (χ0v) is 13.1. The molecule has 0 aliphatic rings. The average molecular weight is 358 g/mol. The molecule has 0 unspecified atom stereocenters. The van der Waals surface area contributed by atoms with E-state index in [-0.39, 0.29) is 18.0 Å². The summed E-state index contributed by atoms with van der Waals surface area (Å²) in [5, 5.41) is 14.9. The van der Waals surface area contributed by atoms with Crippen molar-refractivity contribution >= 4 is 21.6 Å². The van der Waals surface area contributed by atoms with Crippen LogP contribution >= 0.6 is 15.9 Å². The van der Waals surface area contributed by atoms with Crippen LogP contribution in [-0.2, 0) is 13.2 Å². The van der Waals surface area contributed by atoms with Crippen LogP contribution in [0.2, 0.25) is 0 Å². The Labute approximate surface area is 128 Å². The number of aromatic nitrogens is 2. The van der Waals surface area contributed by atoms with Crippen molar-refractivity contribution in [3.8, 4) is 5.75 Å². The maximum Gasteiger partial charge on any atom is 0.272 e. The maximum atomic E-state index is 13.7. The molecule has 0 bridgehead atoms. The van der Waals surface area contributed by atoms with Gasteiger partial charge in [-0.3, -0.25) is 14.8 Å². The molecule has 0 aliphatic carbocycles. The number of non-ortho nitro benzene ring substituents is 1. The number of ether oxygens (including phenoxy) is 1. The molecule has 1 aromatic carbocycles. The average Bonchev–Trinajstić information content (AvgIpc) is 2.72. The Bertz CT molecular complexity index is 688. The van der Waals surface area contributed by atoms with Gasteiger partial charge in [0.1, 0.15) is 6.61 Å². The van der Waals surface area contributed by atoms with Gasteiger partial charge >= 0.3 is 0 Å². The van der Waals surface area contributed by atoms with Gasteiger partial charge in [0.05, 0.1) is 26.9 Å². The molecule has 1 aromatic heterocycles. The van der Waals surface area contributed by atoms with Crippen LogP contribution in [0, 0.1) is 22.9 Å². The third kappa shape index (κ3) is 3.21. The molecular formula is C13H13BrFN3O3. The van der Waals surface area contributed by atoms with Crippen LogP contribution in [0.25, 0.3) is 0 Å². The Balaban J connectivity index is 2.19. The number of aryl methyl sites for hydroxylation is 2. The number of benzene rings is 1. The molecule has 0 saturated carbocycles. The first-order valence-corrected chi connectivity index (χ1v) is 7.01. The molecule has 8 heteroatoms. The summed E-state index contributed by atoms with van der Waals surface area (Å²) in [6.45, 7) is 4.57. The van der Waals surface area contributed by atoms with E-state index in [1.54, 1.807) is 4.68 Å². The highest BCUT2D eigenvalue weighted by Gasteiger charge is 2.15. The summed E-state index contributed by atoms with van der Waals surface area (Å²) in [4.78, 5) is 9.90. The smallest absolute Gasteiger partial charge is 0.272 e. The summed E-state index contributed by atoms with van der Waals surface area (Å²) in [7, 11) is 0. The predicted molar refractivity (Wildman–Crippen MR) is 77.7 cm³/mol. The SMILES string of the molecule is CCn1nc(C)c(Br)c1COc1ccc([N+](=O)[O-])cc1F. The van der Waals surface area contributed by atoms with Crippen LogP contribution in [0.4, 0.5) is 10.1 Å². The fourth-order valence-corrected chi connectivity index (χ4v) is 2.27. The van der Waals surface area contributed by atoms with Gasteiger partial charge in [0.15, 0.2) is 11.6 Å². The topological polar surface area (TPSA) is 70.2 Å². The number of nitrogens with zero attached hydrogens (tertiary/aromatic N) is 3. The van der Waals surface area contributed by atoms with E-state index in [0.717, 1.165) is 21.9 Å². The van der Waals surface area contributed by atoms with Crippen LogP contribution in [-0.4, -0.2) is 14.7 Å². The van der Waals surface area contributed by atoms with E-state index in [9.17, 15) is 14.5 Å². The fourth-order valence-electron chi connectivity index (χ4n) is 1.87.